The van der Waals surface area contributed by atoms with Crippen molar-refractivity contribution in [1.29, 1.82) is 0 Å². The molecular formula is C12H8BrCl2NO2S. The zero-order valence-electron chi connectivity index (χ0n) is 9.40. The largest absolute Gasteiger partial charge is 0.278 e. The van der Waals surface area contributed by atoms with Crippen molar-refractivity contribution in [3.8, 4) is 0 Å². The monoisotopic (exact) mass is 379 g/mol. The molecule has 0 fully saturated rings. The molecule has 2 aromatic carbocycles. The molecule has 0 amide bonds. The number of sulfonamides is 1. The molecule has 3 nitrogen and oxygen atoms in total. The van der Waals surface area contributed by atoms with E-state index in [9.17, 15) is 8.42 Å². The maximum Gasteiger partial charge on any atom is 0.263 e. The van der Waals surface area contributed by atoms with Crippen LogP contribution < -0.4 is 4.72 Å². The molecule has 0 saturated carbocycles. The molecule has 19 heavy (non-hydrogen) atoms. The molecular weight excluding hydrogens is 373 g/mol. The lowest BCUT2D eigenvalue weighted by Crippen LogP contribution is -2.13. The maximum absolute atomic E-state index is 12.2. The number of benzene rings is 2. The number of hydrogen-bond acceptors (Lipinski definition) is 2. The van der Waals surface area contributed by atoms with Gasteiger partial charge in [-0.2, -0.15) is 0 Å². The van der Waals surface area contributed by atoms with Crippen LogP contribution in [0.15, 0.2) is 51.8 Å². The Hall–Kier alpha value is -0.750. The van der Waals surface area contributed by atoms with Crippen molar-refractivity contribution in [3.05, 3.63) is 57.0 Å². The molecule has 0 heterocycles. The van der Waals surface area contributed by atoms with Crippen LogP contribution in [0, 0.1) is 0 Å². The van der Waals surface area contributed by atoms with Gasteiger partial charge in [-0.3, -0.25) is 4.72 Å². The molecule has 0 spiro atoms. The van der Waals surface area contributed by atoms with Gasteiger partial charge in [-0.1, -0.05) is 35.3 Å². The van der Waals surface area contributed by atoms with Crippen LogP contribution in [0.1, 0.15) is 0 Å². The average Bonchev–Trinajstić information content (AvgIpc) is 2.33. The minimum absolute atomic E-state index is 0.140. The molecule has 0 atom stereocenters. The fourth-order valence-corrected chi connectivity index (χ4v) is 4.03. The summed E-state index contributed by atoms with van der Waals surface area (Å²) in [6, 6.07) is 11.1. The van der Waals surface area contributed by atoms with E-state index in [2.05, 4.69) is 20.7 Å². The Morgan fingerprint density at radius 1 is 1.05 bits per heavy atom. The van der Waals surface area contributed by atoms with Crippen LogP contribution in [0.2, 0.25) is 10.0 Å². The smallest absolute Gasteiger partial charge is 0.263 e. The van der Waals surface area contributed by atoms with Gasteiger partial charge in [0.15, 0.2) is 0 Å². The van der Waals surface area contributed by atoms with Crippen LogP contribution in [0.25, 0.3) is 0 Å². The Morgan fingerprint density at radius 3 is 2.37 bits per heavy atom. The third kappa shape index (κ3) is 3.42. The van der Waals surface area contributed by atoms with Crippen molar-refractivity contribution >= 4 is 54.8 Å². The lowest BCUT2D eigenvalue weighted by Gasteiger charge is -2.10. The molecule has 7 heteroatoms. The minimum Gasteiger partial charge on any atom is -0.278 e. The molecule has 0 aliphatic rings. The van der Waals surface area contributed by atoms with E-state index in [1.807, 2.05) is 0 Å². The molecule has 100 valence electrons. The van der Waals surface area contributed by atoms with Crippen molar-refractivity contribution in [2.45, 2.75) is 4.90 Å². The van der Waals surface area contributed by atoms with Gasteiger partial charge >= 0.3 is 0 Å². The Morgan fingerprint density at radius 2 is 1.74 bits per heavy atom. The molecule has 0 saturated heterocycles. The zero-order valence-corrected chi connectivity index (χ0v) is 13.3. The van der Waals surface area contributed by atoms with Gasteiger partial charge in [-0.15, -0.1) is 0 Å². The zero-order chi connectivity index (χ0) is 14.0. The first-order valence-corrected chi connectivity index (χ1v) is 8.16. The van der Waals surface area contributed by atoms with Gasteiger partial charge in [0, 0.05) is 9.50 Å². The van der Waals surface area contributed by atoms with E-state index >= 15 is 0 Å². The number of hydrogen-bond donors (Lipinski definition) is 1. The second-order valence-corrected chi connectivity index (χ2v) is 7.01. The fraction of sp³-hybridized carbons (Fsp3) is 0. The van der Waals surface area contributed by atoms with Gasteiger partial charge in [0.1, 0.15) is 4.90 Å². The fourth-order valence-electron chi connectivity index (χ4n) is 1.43. The van der Waals surface area contributed by atoms with Crippen LogP contribution in [-0.4, -0.2) is 8.42 Å². The highest BCUT2D eigenvalue weighted by Crippen LogP contribution is 2.29. The first-order chi connectivity index (χ1) is 8.90. The van der Waals surface area contributed by atoms with Crippen LogP contribution >= 0.6 is 39.1 Å². The third-order valence-corrected chi connectivity index (χ3v) is 5.23. The van der Waals surface area contributed by atoms with Gasteiger partial charge in [0.25, 0.3) is 10.0 Å². The van der Waals surface area contributed by atoms with Gasteiger partial charge in [0.05, 0.1) is 10.7 Å². The summed E-state index contributed by atoms with van der Waals surface area (Å²) < 4.78 is 27.4. The van der Waals surface area contributed by atoms with E-state index in [1.165, 1.54) is 18.2 Å². The first kappa shape index (κ1) is 14.7. The van der Waals surface area contributed by atoms with Crippen LogP contribution in [0.3, 0.4) is 0 Å². The summed E-state index contributed by atoms with van der Waals surface area (Å²) in [5.41, 5.74) is 0.279. The molecule has 0 radical (unpaired) electrons. The Kier molecular flexibility index (Phi) is 4.40. The summed E-state index contributed by atoms with van der Waals surface area (Å²) in [6.07, 6.45) is 0. The summed E-state index contributed by atoms with van der Waals surface area (Å²) in [5, 5.41) is 0.678. The maximum atomic E-state index is 12.2. The SMILES string of the molecule is O=S(=O)(Nc1ccc(Cl)cc1Cl)c1ccccc1Br. The second-order valence-electron chi connectivity index (χ2n) is 3.66. The van der Waals surface area contributed by atoms with Crippen LogP contribution in [-0.2, 0) is 10.0 Å². The number of nitrogens with one attached hydrogen (secondary N) is 1. The van der Waals surface area contributed by atoms with E-state index < -0.39 is 10.0 Å². The van der Waals surface area contributed by atoms with E-state index in [-0.39, 0.29) is 15.6 Å². The molecule has 0 aliphatic carbocycles. The van der Waals surface area contributed by atoms with Crippen molar-refractivity contribution in [1.82, 2.24) is 0 Å². The highest BCUT2D eigenvalue weighted by Gasteiger charge is 2.18. The van der Waals surface area contributed by atoms with Gasteiger partial charge in [-0.05, 0) is 46.3 Å². The topological polar surface area (TPSA) is 46.2 Å². The predicted octanol–water partition coefficient (Wildman–Crippen LogP) is 4.56. The number of halogens is 3. The Balaban J connectivity index is 2.40. The highest BCUT2D eigenvalue weighted by atomic mass is 79.9. The molecule has 2 aromatic rings. The molecule has 0 bridgehead atoms. The summed E-state index contributed by atoms with van der Waals surface area (Å²) >= 11 is 14.9. The summed E-state index contributed by atoms with van der Waals surface area (Å²) in [4.78, 5) is 0.140. The molecule has 0 unspecified atom stereocenters. The summed E-state index contributed by atoms with van der Waals surface area (Å²) in [5.74, 6) is 0. The van der Waals surface area contributed by atoms with Crippen molar-refractivity contribution in [2.75, 3.05) is 4.72 Å². The minimum atomic E-state index is -3.70. The normalized spacial score (nSPS) is 11.3. The summed E-state index contributed by atoms with van der Waals surface area (Å²) in [6.45, 7) is 0. The van der Waals surface area contributed by atoms with Crippen molar-refractivity contribution in [3.63, 3.8) is 0 Å². The van der Waals surface area contributed by atoms with E-state index in [4.69, 9.17) is 23.2 Å². The lowest BCUT2D eigenvalue weighted by atomic mass is 10.3. The molecule has 2 rings (SSSR count). The third-order valence-electron chi connectivity index (χ3n) is 2.30. The number of anilines is 1. The van der Waals surface area contributed by atoms with Crippen LogP contribution in [0.4, 0.5) is 5.69 Å². The van der Waals surface area contributed by atoms with E-state index in [1.54, 1.807) is 24.3 Å². The quantitative estimate of drug-likeness (QED) is 0.848. The highest BCUT2D eigenvalue weighted by molar-refractivity contribution is 9.10. The van der Waals surface area contributed by atoms with E-state index in [0.29, 0.717) is 9.50 Å². The Bertz CT molecular complexity index is 719. The standard InChI is InChI=1S/C12H8BrCl2NO2S/c13-9-3-1-2-4-12(9)19(17,18)16-11-6-5-8(14)7-10(11)15/h1-7,16H. The van der Waals surface area contributed by atoms with E-state index in [0.717, 1.165) is 0 Å². The second kappa shape index (κ2) is 5.71. The van der Waals surface area contributed by atoms with Gasteiger partial charge in [0.2, 0.25) is 0 Å². The van der Waals surface area contributed by atoms with Crippen LogP contribution in [0.5, 0.6) is 0 Å². The lowest BCUT2D eigenvalue weighted by molar-refractivity contribution is 0.601. The molecule has 0 aromatic heterocycles. The van der Waals surface area contributed by atoms with Gasteiger partial charge in [-0.25, -0.2) is 8.42 Å². The molecule has 0 aliphatic heterocycles. The first-order valence-electron chi connectivity index (χ1n) is 5.12. The van der Waals surface area contributed by atoms with Gasteiger partial charge < -0.3 is 0 Å². The average molecular weight is 381 g/mol. The predicted molar refractivity (Wildman–Crippen MR) is 81.4 cm³/mol. The number of rotatable bonds is 3. The van der Waals surface area contributed by atoms with Crippen molar-refractivity contribution in [2.24, 2.45) is 0 Å². The molecule has 1 N–H and O–H groups in total. The summed E-state index contributed by atoms with van der Waals surface area (Å²) in [7, 11) is -3.70. The van der Waals surface area contributed by atoms with Crippen molar-refractivity contribution < 1.29 is 8.42 Å². The Labute approximate surface area is 129 Å².